The molecular formula is C18H23N7O2S. The number of ether oxygens (including phenoxy) is 1. The maximum absolute atomic E-state index is 13.2. The zero-order valence-electron chi connectivity index (χ0n) is 15.8. The molecule has 28 heavy (non-hydrogen) atoms. The number of rotatable bonds is 7. The highest BCUT2D eigenvalue weighted by Crippen LogP contribution is 2.23. The highest BCUT2D eigenvalue weighted by atomic mass is 32.1. The minimum absolute atomic E-state index is 0.0271. The van der Waals surface area contributed by atoms with Crippen LogP contribution in [-0.2, 0) is 22.6 Å². The van der Waals surface area contributed by atoms with Crippen LogP contribution in [0, 0.1) is 0 Å². The first kappa shape index (κ1) is 18.9. The van der Waals surface area contributed by atoms with Crippen molar-refractivity contribution in [1.29, 1.82) is 0 Å². The molecule has 3 heterocycles. The second-order valence-corrected chi connectivity index (χ2v) is 7.70. The highest BCUT2D eigenvalue weighted by molar-refractivity contribution is 7.15. The number of anilines is 1. The summed E-state index contributed by atoms with van der Waals surface area (Å²) in [6.45, 7) is 5.49. The van der Waals surface area contributed by atoms with Gasteiger partial charge in [0.15, 0.2) is 0 Å². The fourth-order valence-electron chi connectivity index (χ4n) is 3.11. The second-order valence-electron chi connectivity index (χ2n) is 6.66. The van der Waals surface area contributed by atoms with Crippen molar-refractivity contribution in [3.8, 4) is 0 Å². The van der Waals surface area contributed by atoms with Crippen molar-refractivity contribution in [1.82, 2.24) is 30.1 Å². The SMILES string of the molecule is CCCc1nnc(N(Cn2nnc3ccccc32)C(=O)CN2CCOCC2)s1. The van der Waals surface area contributed by atoms with Gasteiger partial charge in [-0.15, -0.1) is 15.3 Å². The molecule has 1 aliphatic rings. The van der Waals surface area contributed by atoms with Crippen molar-refractivity contribution < 1.29 is 9.53 Å². The van der Waals surface area contributed by atoms with Crippen LogP contribution in [0.3, 0.4) is 0 Å². The van der Waals surface area contributed by atoms with E-state index in [1.54, 1.807) is 9.58 Å². The van der Waals surface area contributed by atoms with E-state index in [0.29, 0.717) is 24.9 Å². The summed E-state index contributed by atoms with van der Waals surface area (Å²) in [5, 5.41) is 18.5. The van der Waals surface area contributed by atoms with E-state index in [4.69, 9.17) is 4.74 Å². The van der Waals surface area contributed by atoms with Gasteiger partial charge in [-0.1, -0.05) is 35.6 Å². The summed E-state index contributed by atoms with van der Waals surface area (Å²) in [6.07, 6.45) is 1.85. The lowest BCUT2D eigenvalue weighted by atomic mass is 10.3. The number of amides is 1. The van der Waals surface area contributed by atoms with Crippen molar-refractivity contribution in [3.05, 3.63) is 29.3 Å². The van der Waals surface area contributed by atoms with Crippen LogP contribution in [0.5, 0.6) is 0 Å². The normalized spacial score (nSPS) is 15.2. The zero-order valence-corrected chi connectivity index (χ0v) is 16.6. The van der Waals surface area contributed by atoms with Crippen LogP contribution in [0.25, 0.3) is 11.0 Å². The maximum atomic E-state index is 13.2. The number of carbonyl (C=O) groups excluding carboxylic acids is 1. The molecule has 4 rings (SSSR count). The van der Waals surface area contributed by atoms with Crippen molar-refractivity contribution in [3.63, 3.8) is 0 Å². The molecule has 9 nitrogen and oxygen atoms in total. The van der Waals surface area contributed by atoms with Gasteiger partial charge in [-0.2, -0.15) is 0 Å². The average Bonchev–Trinajstić information content (AvgIpc) is 3.34. The Morgan fingerprint density at radius 2 is 2.04 bits per heavy atom. The molecule has 1 saturated heterocycles. The lowest BCUT2D eigenvalue weighted by molar-refractivity contribution is -0.121. The number of hydrogen-bond donors (Lipinski definition) is 0. The summed E-state index contributed by atoms with van der Waals surface area (Å²) in [5.41, 5.74) is 1.68. The third-order valence-corrected chi connectivity index (χ3v) is 5.62. The summed E-state index contributed by atoms with van der Waals surface area (Å²) in [6, 6.07) is 7.71. The topological polar surface area (TPSA) is 89.3 Å². The van der Waals surface area contributed by atoms with E-state index in [2.05, 4.69) is 32.3 Å². The molecule has 0 unspecified atom stereocenters. The number of fused-ring (bicyclic) bond motifs is 1. The number of morpholine rings is 1. The van der Waals surface area contributed by atoms with E-state index in [1.165, 1.54) is 11.3 Å². The molecule has 0 atom stereocenters. The number of aromatic nitrogens is 5. The Morgan fingerprint density at radius 1 is 1.21 bits per heavy atom. The van der Waals surface area contributed by atoms with Crippen LogP contribution >= 0.6 is 11.3 Å². The number of aryl methyl sites for hydroxylation is 1. The maximum Gasteiger partial charge on any atom is 0.244 e. The molecule has 0 bridgehead atoms. The Balaban J connectivity index is 1.59. The fourth-order valence-corrected chi connectivity index (χ4v) is 4.06. The lowest BCUT2D eigenvalue weighted by Gasteiger charge is -2.28. The Bertz CT molecular complexity index is 935. The predicted octanol–water partition coefficient (Wildman–Crippen LogP) is 1.56. The molecule has 0 spiro atoms. The molecule has 1 amide bonds. The van der Waals surface area contributed by atoms with Gasteiger partial charge in [0.2, 0.25) is 11.0 Å². The Labute approximate surface area is 166 Å². The van der Waals surface area contributed by atoms with Crippen LogP contribution in [0.1, 0.15) is 18.4 Å². The Morgan fingerprint density at radius 3 is 2.86 bits per heavy atom. The summed E-state index contributed by atoms with van der Waals surface area (Å²) >= 11 is 1.46. The Hall–Kier alpha value is -2.43. The molecule has 3 aromatic rings. The van der Waals surface area contributed by atoms with Gasteiger partial charge in [0.25, 0.3) is 0 Å². The van der Waals surface area contributed by atoms with Crippen molar-refractivity contribution in [2.24, 2.45) is 0 Å². The van der Waals surface area contributed by atoms with Gasteiger partial charge >= 0.3 is 0 Å². The molecule has 0 saturated carbocycles. The van der Waals surface area contributed by atoms with E-state index >= 15 is 0 Å². The smallest absolute Gasteiger partial charge is 0.244 e. The van der Waals surface area contributed by atoms with Gasteiger partial charge < -0.3 is 4.74 Å². The van der Waals surface area contributed by atoms with Gasteiger partial charge in [0, 0.05) is 19.5 Å². The monoisotopic (exact) mass is 401 g/mol. The summed E-state index contributed by atoms with van der Waals surface area (Å²) in [4.78, 5) is 16.9. The molecule has 1 aliphatic heterocycles. The molecular weight excluding hydrogens is 378 g/mol. The van der Waals surface area contributed by atoms with Crippen LogP contribution < -0.4 is 4.90 Å². The van der Waals surface area contributed by atoms with E-state index in [0.717, 1.165) is 42.0 Å². The first-order valence-electron chi connectivity index (χ1n) is 9.45. The Kier molecular flexibility index (Phi) is 5.89. The molecule has 0 aliphatic carbocycles. The number of carbonyl (C=O) groups is 1. The van der Waals surface area contributed by atoms with Gasteiger partial charge in [0.1, 0.15) is 17.2 Å². The van der Waals surface area contributed by atoms with E-state index in [1.807, 2.05) is 24.3 Å². The molecule has 2 aromatic heterocycles. The number of nitrogens with zero attached hydrogens (tertiary/aromatic N) is 7. The number of para-hydroxylation sites is 1. The van der Waals surface area contributed by atoms with Crippen molar-refractivity contribution >= 4 is 33.4 Å². The van der Waals surface area contributed by atoms with Crippen LogP contribution in [0.2, 0.25) is 0 Å². The molecule has 0 radical (unpaired) electrons. The first-order valence-corrected chi connectivity index (χ1v) is 10.3. The number of benzene rings is 1. The highest BCUT2D eigenvalue weighted by Gasteiger charge is 2.24. The van der Waals surface area contributed by atoms with Gasteiger partial charge in [-0.25, -0.2) is 4.68 Å². The van der Waals surface area contributed by atoms with Crippen molar-refractivity contribution in [2.75, 3.05) is 37.7 Å². The second kappa shape index (κ2) is 8.72. The fraction of sp³-hybridized carbons (Fsp3) is 0.500. The van der Waals surface area contributed by atoms with Gasteiger partial charge in [-0.3, -0.25) is 14.6 Å². The molecule has 148 valence electrons. The largest absolute Gasteiger partial charge is 0.379 e. The van der Waals surface area contributed by atoms with Crippen LogP contribution in [0.4, 0.5) is 5.13 Å². The van der Waals surface area contributed by atoms with Gasteiger partial charge in [-0.05, 0) is 18.6 Å². The molecule has 10 heteroatoms. The van der Waals surface area contributed by atoms with E-state index in [-0.39, 0.29) is 12.6 Å². The van der Waals surface area contributed by atoms with E-state index in [9.17, 15) is 4.79 Å². The molecule has 1 aromatic carbocycles. The minimum atomic E-state index is -0.0271. The minimum Gasteiger partial charge on any atom is -0.379 e. The molecule has 0 N–H and O–H groups in total. The van der Waals surface area contributed by atoms with Crippen LogP contribution in [-0.4, -0.2) is 68.8 Å². The average molecular weight is 401 g/mol. The summed E-state index contributed by atoms with van der Waals surface area (Å²) in [7, 11) is 0. The van der Waals surface area contributed by atoms with Crippen LogP contribution in [0.15, 0.2) is 24.3 Å². The standard InChI is InChI=1S/C18H23N7O2S/c1-2-5-16-20-21-18(28-16)24(17(26)12-23-8-10-27-11-9-23)13-25-15-7-4-3-6-14(15)19-22-25/h3-4,6-7H,2,5,8-13H2,1H3. The third-order valence-electron chi connectivity index (χ3n) is 4.61. The van der Waals surface area contributed by atoms with E-state index < -0.39 is 0 Å². The van der Waals surface area contributed by atoms with Crippen molar-refractivity contribution in [2.45, 2.75) is 26.4 Å². The lowest BCUT2D eigenvalue weighted by Crippen LogP contribution is -2.45. The summed E-state index contributed by atoms with van der Waals surface area (Å²) in [5.74, 6) is -0.0271. The third kappa shape index (κ3) is 4.18. The summed E-state index contributed by atoms with van der Waals surface area (Å²) < 4.78 is 7.11. The first-order chi connectivity index (χ1) is 13.7. The number of hydrogen-bond acceptors (Lipinski definition) is 8. The predicted molar refractivity (Wildman–Crippen MR) is 106 cm³/mol. The zero-order chi connectivity index (χ0) is 19.3. The van der Waals surface area contributed by atoms with Gasteiger partial charge in [0.05, 0.1) is 25.3 Å². The molecule has 1 fully saturated rings. The quantitative estimate of drug-likeness (QED) is 0.593.